The molecule has 0 heteroatoms. The Morgan fingerprint density at radius 2 is 2.09 bits per heavy atom. The summed E-state index contributed by atoms with van der Waals surface area (Å²) in [5.74, 6) is 3.02. The molecule has 4 atom stereocenters. The first-order chi connectivity index (χ1) is 5.22. The van der Waals surface area contributed by atoms with Crippen LogP contribution in [0.15, 0.2) is 11.6 Å². The van der Waals surface area contributed by atoms with Crippen molar-refractivity contribution in [3.05, 3.63) is 11.6 Å². The molecule has 0 amide bonds. The fourth-order valence-electron chi connectivity index (χ4n) is 2.54. The van der Waals surface area contributed by atoms with Crippen molar-refractivity contribution >= 4 is 0 Å². The fraction of sp³-hybridized carbons (Fsp3) is 0.818. The van der Waals surface area contributed by atoms with Gasteiger partial charge in [0.05, 0.1) is 0 Å². The monoisotopic (exact) mass is 148 g/mol. The van der Waals surface area contributed by atoms with E-state index in [1.807, 2.05) is 5.57 Å². The SMILES string of the molecule is CC1CC1C=C1CC12CC2C. The summed E-state index contributed by atoms with van der Waals surface area (Å²) in [6.07, 6.45) is 7.01. The van der Waals surface area contributed by atoms with Crippen LogP contribution in [0.4, 0.5) is 0 Å². The lowest BCUT2D eigenvalue weighted by molar-refractivity contribution is 0.796. The van der Waals surface area contributed by atoms with Gasteiger partial charge >= 0.3 is 0 Å². The van der Waals surface area contributed by atoms with E-state index in [9.17, 15) is 0 Å². The lowest BCUT2D eigenvalue weighted by atomic mass is 10.2. The van der Waals surface area contributed by atoms with E-state index in [0.717, 1.165) is 23.2 Å². The van der Waals surface area contributed by atoms with Crippen LogP contribution in [0.5, 0.6) is 0 Å². The van der Waals surface area contributed by atoms with Crippen LogP contribution < -0.4 is 0 Å². The molecule has 0 aromatic rings. The third-order valence-corrected chi connectivity index (χ3v) is 4.06. The average Bonchev–Trinajstić information content (AvgIpc) is 2.80. The summed E-state index contributed by atoms with van der Waals surface area (Å²) < 4.78 is 0. The van der Waals surface area contributed by atoms with Gasteiger partial charge in [-0.1, -0.05) is 25.5 Å². The van der Waals surface area contributed by atoms with E-state index in [2.05, 4.69) is 19.9 Å². The molecule has 11 heavy (non-hydrogen) atoms. The van der Waals surface area contributed by atoms with Crippen molar-refractivity contribution in [1.29, 1.82) is 0 Å². The second-order valence-electron chi connectivity index (χ2n) is 5.01. The van der Waals surface area contributed by atoms with Gasteiger partial charge in [0.15, 0.2) is 0 Å². The Balaban J connectivity index is 1.71. The highest BCUT2D eigenvalue weighted by atomic mass is 14.7. The lowest BCUT2D eigenvalue weighted by Crippen LogP contribution is -1.73. The minimum absolute atomic E-state index is 0.794. The zero-order valence-electron chi connectivity index (χ0n) is 7.43. The van der Waals surface area contributed by atoms with Gasteiger partial charge in [-0.05, 0) is 42.4 Å². The molecule has 0 heterocycles. The predicted octanol–water partition coefficient (Wildman–Crippen LogP) is 3.00. The standard InChI is InChI=1S/C11H16/c1-7-3-9(7)4-10-6-11(10)5-8(11)2/h4,7-9H,3,5-6H2,1-2H3. The van der Waals surface area contributed by atoms with Crippen LogP contribution in [0.25, 0.3) is 0 Å². The zero-order valence-corrected chi connectivity index (χ0v) is 7.43. The molecule has 3 fully saturated rings. The molecule has 0 aromatic carbocycles. The minimum Gasteiger partial charge on any atom is -0.0813 e. The summed E-state index contributed by atoms with van der Waals surface area (Å²) in [4.78, 5) is 0. The topological polar surface area (TPSA) is 0 Å². The summed E-state index contributed by atoms with van der Waals surface area (Å²) in [6.45, 7) is 4.77. The van der Waals surface area contributed by atoms with Gasteiger partial charge in [0, 0.05) is 0 Å². The molecule has 0 N–H and O–H groups in total. The second-order valence-corrected chi connectivity index (χ2v) is 5.01. The molecular weight excluding hydrogens is 132 g/mol. The Labute approximate surface area is 68.7 Å². The smallest absolute Gasteiger partial charge is 0.00216 e. The maximum Gasteiger partial charge on any atom is -0.00216 e. The third kappa shape index (κ3) is 0.758. The molecule has 4 unspecified atom stereocenters. The molecule has 0 radical (unpaired) electrons. The minimum atomic E-state index is 0.794. The molecule has 0 saturated heterocycles. The van der Waals surface area contributed by atoms with Crippen LogP contribution in [-0.4, -0.2) is 0 Å². The number of hydrogen-bond acceptors (Lipinski definition) is 0. The van der Waals surface area contributed by atoms with Crippen LogP contribution in [0.3, 0.4) is 0 Å². The quantitative estimate of drug-likeness (QED) is 0.501. The molecule has 0 aromatic heterocycles. The molecule has 0 aliphatic heterocycles. The predicted molar refractivity (Wildman–Crippen MR) is 46.2 cm³/mol. The molecular formula is C11H16. The van der Waals surface area contributed by atoms with Gasteiger partial charge in [-0.25, -0.2) is 0 Å². The van der Waals surface area contributed by atoms with Gasteiger partial charge in [-0.15, -0.1) is 0 Å². The second kappa shape index (κ2) is 1.57. The van der Waals surface area contributed by atoms with Crippen LogP contribution in [0, 0.1) is 23.2 Å². The van der Waals surface area contributed by atoms with Crippen LogP contribution >= 0.6 is 0 Å². The van der Waals surface area contributed by atoms with Gasteiger partial charge in [-0.2, -0.15) is 0 Å². The highest BCUT2D eigenvalue weighted by Gasteiger charge is 2.64. The summed E-state index contributed by atoms with van der Waals surface area (Å²) in [7, 11) is 0. The normalized spacial score (nSPS) is 62.0. The van der Waals surface area contributed by atoms with E-state index in [-0.39, 0.29) is 0 Å². The number of hydrogen-bond donors (Lipinski definition) is 0. The van der Waals surface area contributed by atoms with Crippen molar-refractivity contribution in [2.24, 2.45) is 23.2 Å². The van der Waals surface area contributed by atoms with Gasteiger partial charge < -0.3 is 0 Å². The third-order valence-electron chi connectivity index (χ3n) is 4.06. The van der Waals surface area contributed by atoms with Gasteiger partial charge in [0.1, 0.15) is 0 Å². The average molecular weight is 148 g/mol. The van der Waals surface area contributed by atoms with Crippen molar-refractivity contribution in [3.8, 4) is 0 Å². The van der Waals surface area contributed by atoms with E-state index in [0.29, 0.717) is 0 Å². The first kappa shape index (κ1) is 6.28. The van der Waals surface area contributed by atoms with E-state index in [1.54, 1.807) is 0 Å². The van der Waals surface area contributed by atoms with Crippen molar-refractivity contribution < 1.29 is 0 Å². The lowest BCUT2D eigenvalue weighted by Gasteiger charge is -1.82. The summed E-state index contributed by atoms with van der Waals surface area (Å²) in [6, 6.07) is 0. The first-order valence-electron chi connectivity index (χ1n) is 4.93. The van der Waals surface area contributed by atoms with E-state index in [1.165, 1.54) is 19.3 Å². The van der Waals surface area contributed by atoms with Crippen molar-refractivity contribution in [2.45, 2.75) is 33.1 Å². The Hall–Kier alpha value is -0.260. The van der Waals surface area contributed by atoms with E-state index >= 15 is 0 Å². The van der Waals surface area contributed by atoms with Gasteiger partial charge in [-0.3, -0.25) is 0 Å². The van der Waals surface area contributed by atoms with Crippen molar-refractivity contribution in [1.82, 2.24) is 0 Å². The van der Waals surface area contributed by atoms with Crippen LogP contribution in [0.1, 0.15) is 33.1 Å². The summed E-state index contributed by atoms with van der Waals surface area (Å²) >= 11 is 0. The molecule has 60 valence electrons. The Morgan fingerprint density at radius 3 is 2.45 bits per heavy atom. The van der Waals surface area contributed by atoms with Crippen molar-refractivity contribution in [3.63, 3.8) is 0 Å². The highest BCUT2D eigenvalue weighted by molar-refractivity contribution is 5.42. The molecule has 0 bridgehead atoms. The molecule has 0 nitrogen and oxygen atoms in total. The van der Waals surface area contributed by atoms with Crippen LogP contribution in [-0.2, 0) is 0 Å². The van der Waals surface area contributed by atoms with Crippen LogP contribution in [0.2, 0.25) is 0 Å². The fourth-order valence-corrected chi connectivity index (χ4v) is 2.54. The Morgan fingerprint density at radius 1 is 1.45 bits per heavy atom. The molecule has 1 spiro atoms. The molecule has 3 rings (SSSR count). The summed E-state index contributed by atoms with van der Waals surface area (Å²) in [5.41, 5.74) is 2.61. The maximum atomic E-state index is 2.59. The number of allylic oxidation sites excluding steroid dienone is 2. The van der Waals surface area contributed by atoms with E-state index in [4.69, 9.17) is 0 Å². The van der Waals surface area contributed by atoms with Gasteiger partial charge in [0.2, 0.25) is 0 Å². The Bertz CT molecular complexity index is 238. The highest BCUT2D eigenvalue weighted by Crippen LogP contribution is 2.74. The summed E-state index contributed by atoms with van der Waals surface area (Å²) in [5, 5.41) is 0. The maximum absolute atomic E-state index is 2.59. The molecule has 3 aliphatic carbocycles. The molecule has 3 saturated carbocycles. The number of rotatable bonds is 1. The Kier molecular flexibility index (Phi) is 0.898. The van der Waals surface area contributed by atoms with Crippen molar-refractivity contribution in [2.75, 3.05) is 0 Å². The first-order valence-corrected chi connectivity index (χ1v) is 4.93. The molecule has 3 aliphatic rings. The van der Waals surface area contributed by atoms with Gasteiger partial charge in [0.25, 0.3) is 0 Å². The van der Waals surface area contributed by atoms with E-state index < -0.39 is 0 Å². The largest absolute Gasteiger partial charge is 0.0813 e. The zero-order chi connectivity index (χ0) is 7.64.